The van der Waals surface area contributed by atoms with Crippen LogP contribution in [0.15, 0.2) is 54.6 Å². The average Bonchev–Trinajstić information content (AvgIpc) is 2.69. The lowest BCUT2D eigenvalue weighted by molar-refractivity contribution is -0.133. The van der Waals surface area contributed by atoms with Gasteiger partial charge in [-0.25, -0.2) is 4.39 Å². The zero-order chi connectivity index (χ0) is 19.5. The van der Waals surface area contributed by atoms with Gasteiger partial charge >= 0.3 is 0 Å². The van der Waals surface area contributed by atoms with Crippen molar-refractivity contribution in [1.29, 1.82) is 0 Å². The third kappa shape index (κ3) is 7.09. The van der Waals surface area contributed by atoms with E-state index in [0.717, 1.165) is 5.56 Å². The molecule has 0 aliphatic rings. The van der Waals surface area contributed by atoms with E-state index in [0.29, 0.717) is 19.5 Å². The van der Waals surface area contributed by atoms with Gasteiger partial charge in [0.05, 0.1) is 13.2 Å². The van der Waals surface area contributed by atoms with Crippen molar-refractivity contribution < 1.29 is 18.7 Å². The molecule has 2 aromatic rings. The van der Waals surface area contributed by atoms with E-state index >= 15 is 0 Å². The van der Waals surface area contributed by atoms with Crippen molar-refractivity contribution in [2.45, 2.75) is 26.3 Å². The van der Waals surface area contributed by atoms with Gasteiger partial charge in [0.15, 0.2) is 11.6 Å². The van der Waals surface area contributed by atoms with Gasteiger partial charge in [0, 0.05) is 19.5 Å². The van der Waals surface area contributed by atoms with Crippen LogP contribution in [0.4, 0.5) is 4.39 Å². The summed E-state index contributed by atoms with van der Waals surface area (Å²) in [5.74, 6) is -0.605. The maximum atomic E-state index is 13.4. The molecule has 6 heteroatoms. The summed E-state index contributed by atoms with van der Waals surface area (Å²) in [6, 6.07) is 15.8. The van der Waals surface area contributed by atoms with Gasteiger partial charge in [0.25, 0.3) is 0 Å². The zero-order valence-electron chi connectivity index (χ0n) is 15.5. The molecule has 0 radical (unpaired) electrons. The van der Waals surface area contributed by atoms with Crippen LogP contribution in [0.25, 0.3) is 0 Å². The summed E-state index contributed by atoms with van der Waals surface area (Å²) in [6.45, 7) is 3.19. The molecule has 0 aliphatic heterocycles. The highest BCUT2D eigenvalue weighted by molar-refractivity contribution is 5.84. The second-order valence-corrected chi connectivity index (χ2v) is 6.05. The van der Waals surface area contributed by atoms with E-state index < -0.39 is 5.82 Å². The number of nitrogens with one attached hydrogen (secondary N) is 1. The fourth-order valence-corrected chi connectivity index (χ4v) is 2.53. The van der Waals surface area contributed by atoms with Crippen LogP contribution in [-0.4, -0.2) is 36.4 Å². The maximum Gasteiger partial charge on any atom is 0.242 e. The zero-order valence-corrected chi connectivity index (χ0v) is 15.5. The van der Waals surface area contributed by atoms with Crippen LogP contribution < -0.4 is 10.1 Å². The van der Waals surface area contributed by atoms with Gasteiger partial charge in [-0.15, -0.1) is 0 Å². The molecule has 0 aromatic heterocycles. The van der Waals surface area contributed by atoms with Crippen molar-refractivity contribution in [1.82, 2.24) is 10.2 Å². The first-order valence-electron chi connectivity index (χ1n) is 9.06. The molecule has 0 heterocycles. The standard InChI is InChI=1S/C21H25FN2O3/c1-2-24(16-17-9-4-3-5-10-17)21(26)15-23-20(25)13-8-14-27-19-12-7-6-11-18(19)22/h3-7,9-12H,2,8,13-16H2,1H3,(H,23,25). The molecule has 0 fully saturated rings. The summed E-state index contributed by atoms with van der Waals surface area (Å²) >= 11 is 0. The molecule has 144 valence electrons. The number of hydrogen-bond acceptors (Lipinski definition) is 3. The van der Waals surface area contributed by atoms with E-state index in [1.165, 1.54) is 6.07 Å². The average molecular weight is 372 g/mol. The number of rotatable bonds is 10. The molecule has 27 heavy (non-hydrogen) atoms. The highest BCUT2D eigenvalue weighted by atomic mass is 19.1. The summed E-state index contributed by atoms with van der Waals surface area (Å²) in [6.07, 6.45) is 0.655. The molecule has 0 aliphatic carbocycles. The van der Waals surface area contributed by atoms with Crippen molar-refractivity contribution in [3.63, 3.8) is 0 Å². The minimum Gasteiger partial charge on any atom is -0.491 e. The molecule has 0 atom stereocenters. The second-order valence-electron chi connectivity index (χ2n) is 6.05. The van der Waals surface area contributed by atoms with Crippen molar-refractivity contribution >= 4 is 11.8 Å². The number of para-hydroxylation sites is 1. The summed E-state index contributed by atoms with van der Waals surface area (Å²) in [7, 11) is 0. The molecule has 5 nitrogen and oxygen atoms in total. The topological polar surface area (TPSA) is 58.6 Å². The number of likely N-dealkylation sites (N-methyl/N-ethyl adjacent to an activating group) is 1. The van der Waals surface area contributed by atoms with Crippen LogP contribution in [0, 0.1) is 5.82 Å². The molecule has 2 rings (SSSR count). The summed E-state index contributed by atoms with van der Waals surface area (Å²) in [5.41, 5.74) is 1.05. The molecule has 1 N–H and O–H groups in total. The third-order valence-corrected chi connectivity index (χ3v) is 4.03. The van der Waals surface area contributed by atoms with Crippen LogP contribution >= 0.6 is 0 Å². The van der Waals surface area contributed by atoms with E-state index in [4.69, 9.17) is 4.74 Å². The Morgan fingerprint density at radius 2 is 1.78 bits per heavy atom. The van der Waals surface area contributed by atoms with Crippen molar-refractivity contribution in [2.75, 3.05) is 19.7 Å². The first kappa shape index (κ1) is 20.4. The highest BCUT2D eigenvalue weighted by Gasteiger charge is 2.13. The van der Waals surface area contributed by atoms with Crippen LogP contribution in [-0.2, 0) is 16.1 Å². The van der Waals surface area contributed by atoms with Gasteiger partial charge in [-0.1, -0.05) is 42.5 Å². The van der Waals surface area contributed by atoms with E-state index in [9.17, 15) is 14.0 Å². The van der Waals surface area contributed by atoms with Crippen LogP contribution in [0.2, 0.25) is 0 Å². The lowest BCUT2D eigenvalue weighted by Crippen LogP contribution is -2.39. The molecule has 2 aromatic carbocycles. The number of carbonyl (C=O) groups excluding carboxylic acids is 2. The van der Waals surface area contributed by atoms with Gasteiger partial charge in [-0.3, -0.25) is 9.59 Å². The van der Waals surface area contributed by atoms with E-state index in [2.05, 4.69) is 5.32 Å². The Balaban J connectivity index is 1.66. The van der Waals surface area contributed by atoms with Gasteiger partial charge in [0.2, 0.25) is 11.8 Å². The van der Waals surface area contributed by atoms with Gasteiger partial charge in [-0.2, -0.15) is 0 Å². The van der Waals surface area contributed by atoms with E-state index in [1.807, 2.05) is 37.3 Å². The summed E-state index contributed by atoms with van der Waals surface area (Å²) in [5, 5.41) is 2.63. The Kier molecular flexibility index (Phi) is 8.29. The predicted octanol–water partition coefficient (Wildman–Crippen LogP) is 3.15. The van der Waals surface area contributed by atoms with Gasteiger partial charge in [0.1, 0.15) is 0 Å². The number of ether oxygens (including phenoxy) is 1. The molecule has 0 spiro atoms. The van der Waals surface area contributed by atoms with Crippen LogP contribution in [0.5, 0.6) is 5.75 Å². The van der Waals surface area contributed by atoms with Crippen molar-refractivity contribution in [2.24, 2.45) is 0 Å². The molecular weight excluding hydrogens is 347 g/mol. The first-order chi connectivity index (χ1) is 13.1. The largest absolute Gasteiger partial charge is 0.491 e. The van der Waals surface area contributed by atoms with Crippen LogP contribution in [0.1, 0.15) is 25.3 Å². The minimum absolute atomic E-state index is 0.0341. The predicted molar refractivity (Wildman–Crippen MR) is 102 cm³/mol. The Morgan fingerprint density at radius 1 is 1.07 bits per heavy atom. The highest BCUT2D eigenvalue weighted by Crippen LogP contribution is 2.15. The normalized spacial score (nSPS) is 10.3. The fourth-order valence-electron chi connectivity index (χ4n) is 2.53. The second kappa shape index (κ2) is 11.0. The summed E-state index contributed by atoms with van der Waals surface area (Å²) in [4.78, 5) is 25.9. The number of amides is 2. The maximum absolute atomic E-state index is 13.4. The Morgan fingerprint density at radius 3 is 2.48 bits per heavy atom. The molecular formula is C21H25FN2O3. The number of nitrogens with zero attached hydrogens (tertiary/aromatic N) is 1. The number of halogens is 1. The number of carbonyl (C=O) groups is 2. The van der Waals surface area contributed by atoms with Gasteiger partial charge in [-0.05, 0) is 31.0 Å². The number of benzene rings is 2. The molecule has 0 saturated carbocycles. The fraction of sp³-hybridized carbons (Fsp3) is 0.333. The quantitative estimate of drug-likeness (QED) is 0.652. The van der Waals surface area contributed by atoms with E-state index in [-0.39, 0.29) is 37.1 Å². The smallest absolute Gasteiger partial charge is 0.242 e. The Labute approximate surface area is 159 Å². The third-order valence-electron chi connectivity index (χ3n) is 4.03. The molecule has 0 saturated heterocycles. The van der Waals surface area contributed by atoms with Crippen LogP contribution in [0.3, 0.4) is 0 Å². The van der Waals surface area contributed by atoms with Crippen molar-refractivity contribution in [3.05, 3.63) is 66.0 Å². The van der Waals surface area contributed by atoms with Crippen molar-refractivity contribution in [3.8, 4) is 5.75 Å². The molecule has 0 bridgehead atoms. The lowest BCUT2D eigenvalue weighted by Gasteiger charge is -2.21. The van der Waals surface area contributed by atoms with E-state index in [1.54, 1.807) is 23.1 Å². The lowest BCUT2D eigenvalue weighted by atomic mass is 10.2. The minimum atomic E-state index is -0.425. The molecule has 2 amide bonds. The SMILES string of the molecule is CCN(Cc1ccccc1)C(=O)CNC(=O)CCCOc1ccccc1F. The first-order valence-corrected chi connectivity index (χ1v) is 9.06. The van der Waals surface area contributed by atoms with Gasteiger partial charge < -0.3 is 15.0 Å². The summed E-state index contributed by atoms with van der Waals surface area (Å²) < 4.78 is 18.7. The molecule has 0 unspecified atom stereocenters. The Hall–Kier alpha value is -2.89. The number of hydrogen-bond donors (Lipinski definition) is 1. The Bertz CT molecular complexity index is 737. The monoisotopic (exact) mass is 372 g/mol.